The molecule has 1 amide bonds. The molecule has 2 aromatic carbocycles. The molecular formula is C20H25N3O2. The lowest BCUT2D eigenvalue weighted by Crippen LogP contribution is -2.51. The molecule has 0 aliphatic carbocycles. The Morgan fingerprint density at radius 3 is 2.24 bits per heavy atom. The van der Waals surface area contributed by atoms with Gasteiger partial charge in [-0.1, -0.05) is 49.4 Å². The SMILES string of the molecule is CC(C(=O)N1CCN(c2ccccc2O)CC1)C(N)c1ccccc1. The fourth-order valence-electron chi connectivity index (χ4n) is 3.30. The van der Waals surface area contributed by atoms with Crippen LogP contribution in [-0.4, -0.2) is 42.1 Å². The highest BCUT2D eigenvalue weighted by Gasteiger charge is 2.29. The first-order valence-corrected chi connectivity index (χ1v) is 8.70. The summed E-state index contributed by atoms with van der Waals surface area (Å²) in [7, 11) is 0. The van der Waals surface area contributed by atoms with Crippen LogP contribution < -0.4 is 10.6 Å². The molecule has 0 spiro atoms. The lowest BCUT2D eigenvalue weighted by molar-refractivity contribution is -0.136. The molecule has 1 aliphatic rings. The van der Waals surface area contributed by atoms with E-state index < -0.39 is 0 Å². The van der Waals surface area contributed by atoms with Gasteiger partial charge in [-0.2, -0.15) is 0 Å². The highest BCUT2D eigenvalue weighted by Crippen LogP contribution is 2.28. The first kappa shape index (κ1) is 17.3. The van der Waals surface area contributed by atoms with E-state index in [-0.39, 0.29) is 23.6 Å². The molecule has 3 N–H and O–H groups in total. The molecule has 1 aliphatic heterocycles. The molecule has 0 aromatic heterocycles. The number of para-hydroxylation sites is 2. The van der Waals surface area contributed by atoms with E-state index in [2.05, 4.69) is 4.90 Å². The minimum atomic E-state index is -0.301. The molecule has 0 radical (unpaired) electrons. The molecule has 0 bridgehead atoms. The fourth-order valence-corrected chi connectivity index (χ4v) is 3.30. The van der Waals surface area contributed by atoms with Gasteiger partial charge in [-0.05, 0) is 17.7 Å². The van der Waals surface area contributed by atoms with Gasteiger partial charge in [0.05, 0.1) is 11.6 Å². The number of hydrogen-bond acceptors (Lipinski definition) is 4. The van der Waals surface area contributed by atoms with Gasteiger partial charge in [-0.25, -0.2) is 0 Å². The van der Waals surface area contributed by atoms with Crippen molar-refractivity contribution in [2.45, 2.75) is 13.0 Å². The second-order valence-corrected chi connectivity index (χ2v) is 6.53. The van der Waals surface area contributed by atoms with Crippen LogP contribution in [0, 0.1) is 5.92 Å². The Labute approximate surface area is 148 Å². The number of carbonyl (C=O) groups is 1. The highest BCUT2D eigenvalue weighted by molar-refractivity contribution is 5.80. The Morgan fingerprint density at radius 2 is 1.60 bits per heavy atom. The average molecular weight is 339 g/mol. The summed E-state index contributed by atoms with van der Waals surface area (Å²) in [5, 5.41) is 9.99. The molecule has 132 valence electrons. The van der Waals surface area contributed by atoms with Crippen molar-refractivity contribution < 1.29 is 9.90 Å². The maximum absolute atomic E-state index is 12.8. The number of nitrogens with two attached hydrogens (primary N) is 1. The molecule has 5 nitrogen and oxygen atoms in total. The van der Waals surface area contributed by atoms with E-state index in [1.54, 1.807) is 6.07 Å². The van der Waals surface area contributed by atoms with E-state index >= 15 is 0 Å². The van der Waals surface area contributed by atoms with Crippen molar-refractivity contribution in [3.63, 3.8) is 0 Å². The maximum atomic E-state index is 12.8. The predicted octanol–water partition coefficient (Wildman–Crippen LogP) is 2.38. The van der Waals surface area contributed by atoms with Crippen LogP contribution in [-0.2, 0) is 4.79 Å². The minimum Gasteiger partial charge on any atom is -0.506 e. The number of aromatic hydroxyl groups is 1. The third kappa shape index (κ3) is 3.77. The van der Waals surface area contributed by atoms with Crippen LogP contribution in [0.3, 0.4) is 0 Å². The number of amides is 1. The molecular weight excluding hydrogens is 314 g/mol. The molecule has 1 fully saturated rings. The number of rotatable bonds is 4. The second-order valence-electron chi connectivity index (χ2n) is 6.53. The predicted molar refractivity (Wildman–Crippen MR) is 99.4 cm³/mol. The first-order valence-electron chi connectivity index (χ1n) is 8.70. The summed E-state index contributed by atoms with van der Waals surface area (Å²) in [5.74, 6) is 0.106. The Morgan fingerprint density at radius 1 is 1.00 bits per heavy atom. The summed E-state index contributed by atoms with van der Waals surface area (Å²) in [6, 6.07) is 16.8. The van der Waals surface area contributed by atoms with Gasteiger partial charge in [0.1, 0.15) is 5.75 Å². The van der Waals surface area contributed by atoms with E-state index in [0.717, 1.165) is 11.3 Å². The number of phenolic OH excluding ortho intramolecular Hbond substituents is 1. The second kappa shape index (κ2) is 7.57. The summed E-state index contributed by atoms with van der Waals surface area (Å²) in [6.07, 6.45) is 0. The van der Waals surface area contributed by atoms with Crippen LogP contribution >= 0.6 is 0 Å². The number of anilines is 1. The third-order valence-corrected chi connectivity index (χ3v) is 4.93. The van der Waals surface area contributed by atoms with E-state index in [1.807, 2.05) is 60.4 Å². The molecule has 0 saturated carbocycles. The Bertz CT molecular complexity index is 712. The molecule has 2 aromatic rings. The van der Waals surface area contributed by atoms with Gasteiger partial charge in [0.15, 0.2) is 0 Å². The van der Waals surface area contributed by atoms with Crippen LogP contribution in [0.25, 0.3) is 0 Å². The van der Waals surface area contributed by atoms with Gasteiger partial charge in [-0.3, -0.25) is 4.79 Å². The van der Waals surface area contributed by atoms with Gasteiger partial charge >= 0.3 is 0 Å². The summed E-state index contributed by atoms with van der Waals surface area (Å²) < 4.78 is 0. The first-order chi connectivity index (χ1) is 12.1. The number of benzene rings is 2. The number of nitrogens with zero attached hydrogens (tertiary/aromatic N) is 2. The van der Waals surface area contributed by atoms with Crippen LogP contribution in [0.1, 0.15) is 18.5 Å². The van der Waals surface area contributed by atoms with Crippen LogP contribution in [0.4, 0.5) is 5.69 Å². The summed E-state index contributed by atoms with van der Waals surface area (Å²) in [4.78, 5) is 16.8. The van der Waals surface area contributed by atoms with Gasteiger partial charge < -0.3 is 20.6 Å². The largest absolute Gasteiger partial charge is 0.506 e. The van der Waals surface area contributed by atoms with Gasteiger partial charge in [0, 0.05) is 32.2 Å². The number of hydrogen-bond donors (Lipinski definition) is 2. The zero-order valence-electron chi connectivity index (χ0n) is 14.5. The summed E-state index contributed by atoms with van der Waals surface area (Å²) in [6.45, 7) is 4.58. The van der Waals surface area contributed by atoms with Crippen LogP contribution in [0.15, 0.2) is 54.6 Å². The average Bonchev–Trinajstić information content (AvgIpc) is 2.67. The standard InChI is InChI=1S/C20H25N3O2/c1-15(19(21)16-7-3-2-4-8-16)20(25)23-13-11-22(12-14-23)17-9-5-6-10-18(17)24/h2-10,15,19,24H,11-14,21H2,1H3. The maximum Gasteiger partial charge on any atom is 0.227 e. The van der Waals surface area contributed by atoms with Crippen molar-refractivity contribution in [2.75, 3.05) is 31.1 Å². The van der Waals surface area contributed by atoms with Crippen LogP contribution in [0.2, 0.25) is 0 Å². The molecule has 5 heteroatoms. The monoisotopic (exact) mass is 339 g/mol. The van der Waals surface area contributed by atoms with Gasteiger partial charge in [0.25, 0.3) is 0 Å². The van der Waals surface area contributed by atoms with E-state index in [4.69, 9.17) is 5.73 Å². The quantitative estimate of drug-likeness (QED) is 0.897. The Kier molecular flexibility index (Phi) is 5.24. The number of phenols is 1. The third-order valence-electron chi connectivity index (χ3n) is 4.93. The van der Waals surface area contributed by atoms with Crippen molar-refractivity contribution >= 4 is 11.6 Å². The van der Waals surface area contributed by atoms with Gasteiger partial charge in [0.2, 0.25) is 5.91 Å². The molecule has 2 atom stereocenters. The molecule has 25 heavy (non-hydrogen) atoms. The highest BCUT2D eigenvalue weighted by atomic mass is 16.3. The zero-order chi connectivity index (χ0) is 17.8. The van der Waals surface area contributed by atoms with E-state index in [1.165, 1.54) is 0 Å². The Balaban J connectivity index is 1.61. The minimum absolute atomic E-state index is 0.0910. The molecule has 3 rings (SSSR count). The summed E-state index contributed by atoms with van der Waals surface area (Å²) in [5.41, 5.74) is 8.10. The van der Waals surface area contributed by atoms with Crippen molar-refractivity contribution in [1.29, 1.82) is 0 Å². The Hall–Kier alpha value is -2.53. The zero-order valence-corrected chi connectivity index (χ0v) is 14.5. The van der Waals surface area contributed by atoms with Gasteiger partial charge in [-0.15, -0.1) is 0 Å². The molecule has 2 unspecified atom stereocenters. The van der Waals surface area contributed by atoms with Crippen molar-refractivity contribution in [1.82, 2.24) is 4.90 Å². The van der Waals surface area contributed by atoms with Crippen molar-refractivity contribution in [3.8, 4) is 5.75 Å². The topological polar surface area (TPSA) is 69.8 Å². The number of piperazine rings is 1. The van der Waals surface area contributed by atoms with Crippen LogP contribution in [0.5, 0.6) is 5.75 Å². The van der Waals surface area contributed by atoms with E-state index in [0.29, 0.717) is 26.2 Å². The lowest BCUT2D eigenvalue weighted by atomic mass is 9.94. The molecule has 1 heterocycles. The van der Waals surface area contributed by atoms with Crippen molar-refractivity contribution in [3.05, 3.63) is 60.2 Å². The normalized spacial score (nSPS) is 17.2. The fraction of sp³-hybridized carbons (Fsp3) is 0.350. The smallest absolute Gasteiger partial charge is 0.227 e. The number of carbonyl (C=O) groups excluding carboxylic acids is 1. The molecule has 1 saturated heterocycles. The van der Waals surface area contributed by atoms with E-state index in [9.17, 15) is 9.90 Å². The lowest BCUT2D eigenvalue weighted by Gasteiger charge is -2.38. The summed E-state index contributed by atoms with van der Waals surface area (Å²) >= 11 is 0. The van der Waals surface area contributed by atoms with Crippen molar-refractivity contribution in [2.24, 2.45) is 11.7 Å².